The number of ether oxygens (including phenoxy) is 2. The molecular formula is C14H13N3O7. The normalized spacial score (nSPS) is 10.1. The van der Waals surface area contributed by atoms with E-state index in [-0.39, 0.29) is 22.9 Å². The highest BCUT2D eigenvalue weighted by molar-refractivity contribution is 5.95. The fourth-order valence-corrected chi connectivity index (χ4v) is 1.77. The number of rotatable bonds is 6. The smallest absolute Gasteiger partial charge is 0.338 e. The molecule has 0 saturated heterocycles. The molecular weight excluding hydrogens is 322 g/mol. The molecule has 24 heavy (non-hydrogen) atoms. The lowest BCUT2D eigenvalue weighted by atomic mass is 10.2. The van der Waals surface area contributed by atoms with Crippen molar-refractivity contribution in [3.8, 4) is 5.75 Å². The molecule has 2 rings (SSSR count). The van der Waals surface area contributed by atoms with Crippen LogP contribution in [-0.2, 0) is 9.53 Å². The van der Waals surface area contributed by atoms with Crippen LogP contribution < -0.4 is 10.1 Å². The number of carbonyl (C=O) groups excluding carboxylic acids is 2. The van der Waals surface area contributed by atoms with Gasteiger partial charge in [0.05, 0.1) is 23.3 Å². The van der Waals surface area contributed by atoms with Gasteiger partial charge >= 0.3 is 11.7 Å². The Morgan fingerprint density at radius 1 is 1.38 bits per heavy atom. The molecule has 2 aromatic rings. The number of esters is 1. The minimum Gasteiger partial charge on any atom is -0.490 e. The molecule has 0 aliphatic heterocycles. The number of aryl methyl sites for hydroxylation is 1. The van der Waals surface area contributed by atoms with E-state index in [2.05, 4.69) is 10.5 Å². The van der Waals surface area contributed by atoms with Gasteiger partial charge in [-0.1, -0.05) is 5.16 Å². The molecule has 0 fully saturated rings. The Morgan fingerprint density at radius 3 is 2.71 bits per heavy atom. The minimum atomic E-state index is -0.885. The third-order valence-electron chi connectivity index (χ3n) is 2.84. The highest BCUT2D eigenvalue weighted by Crippen LogP contribution is 2.27. The average Bonchev–Trinajstić information content (AvgIpc) is 2.96. The van der Waals surface area contributed by atoms with E-state index in [1.54, 1.807) is 6.92 Å². The number of methoxy groups -OCH3 is 1. The first-order chi connectivity index (χ1) is 11.4. The van der Waals surface area contributed by atoms with Gasteiger partial charge in [-0.3, -0.25) is 20.2 Å². The second-order valence-electron chi connectivity index (χ2n) is 4.60. The first kappa shape index (κ1) is 16.9. The van der Waals surface area contributed by atoms with Crippen molar-refractivity contribution in [2.45, 2.75) is 6.92 Å². The Morgan fingerprint density at radius 2 is 2.12 bits per heavy atom. The van der Waals surface area contributed by atoms with Gasteiger partial charge in [-0.2, -0.15) is 0 Å². The van der Waals surface area contributed by atoms with E-state index in [0.717, 1.165) is 6.07 Å². The Balaban J connectivity index is 1.98. The summed E-state index contributed by atoms with van der Waals surface area (Å²) < 4.78 is 14.4. The van der Waals surface area contributed by atoms with E-state index in [9.17, 15) is 19.7 Å². The summed E-state index contributed by atoms with van der Waals surface area (Å²) in [5.74, 6) is -1.39. The lowest BCUT2D eigenvalue weighted by Gasteiger charge is -2.06. The average molecular weight is 335 g/mol. The van der Waals surface area contributed by atoms with Crippen molar-refractivity contribution in [2.24, 2.45) is 0 Å². The van der Waals surface area contributed by atoms with Gasteiger partial charge in [-0.25, -0.2) is 4.79 Å². The minimum absolute atomic E-state index is 0.00924. The van der Waals surface area contributed by atoms with E-state index in [0.29, 0.717) is 5.69 Å². The number of amides is 1. The molecule has 1 aromatic carbocycles. The van der Waals surface area contributed by atoms with E-state index in [4.69, 9.17) is 14.0 Å². The Kier molecular flexibility index (Phi) is 5.09. The second kappa shape index (κ2) is 7.22. The van der Waals surface area contributed by atoms with Gasteiger partial charge in [-0.05, 0) is 19.1 Å². The van der Waals surface area contributed by atoms with E-state index < -0.39 is 23.4 Å². The van der Waals surface area contributed by atoms with Crippen LogP contribution >= 0.6 is 0 Å². The van der Waals surface area contributed by atoms with Crippen LogP contribution in [0.5, 0.6) is 5.75 Å². The molecule has 0 aliphatic carbocycles. The van der Waals surface area contributed by atoms with Crippen LogP contribution in [0.2, 0.25) is 0 Å². The van der Waals surface area contributed by atoms with Crippen LogP contribution in [0.1, 0.15) is 16.1 Å². The summed E-state index contributed by atoms with van der Waals surface area (Å²) in [6, 6.07) is 5.07. The predicted octanol–water partition coefficient (Wildman–Crippen LogP) is 1.70. The zero-order valence-corrected chi connectivity index (χ0v) is 12.8. The molecule has 0 atom stereocenters. The molecule has 0 bridgehead atoms. The highest BCUT2D eigenvalue weighted by Gasteiger charge is 2.19. The molecule has 1 amide bonds. The van der Waals surface area contributed by atoms with Crippen LogP contribution in [0.25, 0.3) is 0 Å². The van der Waals surface area contributed by atoms with Crippen molar-refractivity contribution in [3.05, 3.63) is 45.6 Å². The maximum atomic E-state index is 11.9. The van der Waals surface area contributed by atoms with E-state index in [1.165, 1.54) is 25.3 Å². The number of benzene rings is 1. The molecule has 0 aliphatic rings. The van der Waals surface area contributed by atoms with Crippen molar-refractivity contribution < 1.29 is 28.5 Å². The largest absolute Gasteiger partial charge is 0.490 e. The fourth-order valence-electron chi connectivity index (χ4n) is 1.77. The number of nitrogens with zero attached hydrogens (tertiary/aromatic N) is 2. The third kappa shape index (κ3) is 4.06. The Labute approximate surface area is 135 Å². The summed E-state index contributed by atoms with van der Waals surface area (Å²) in [5.41, 5.74) is 0.118. The van der Waals surface area contributed by atoms with Gasteiger partial charge in [0.25, 0.3) is 5.91 Å². The monoisotopic (exact) mass is 335 g/mol. The SMILES string of the molecule is COc1ccc(C(=O)OCC(=O)Nc2cc(C)no2)cc1[N+](=O)[O-]. The number of hydrogen-bond acceptors (Lipinski definition) is 8. The maximum absolute atomic E-state index is 11.9. The fraction of sp³-hybridized carbons (Fsp3) is 0.214. The topological polar surface area (TPSA) is 134 Å². The lowest BCUT2D eigenvalue weighted by molar-refractivity contribution is -0.385. The number of anilines is 1. The van der Waals surface area contributed by atoms with Gasteiger partial charge in [0.2, 0.25) is 5.88 Å². The number of hydrogen-bond donors (Lipinski definition) is 1. The third-order valence-corrected chi connectivity index (χ3v) is 2.84. The zero-order valence-electron chi connectivity index (χ0n) is 12.8. The van der Waals surface area contributed by atoms with Crippen molar-refractivity contribution in [2.75, 3.05) is 19.0 Å². The zero-order chi connectivity index (χ0) is 17.7. The quantitative estimate of drug-likeness (QED) is 0.479. The predicted molar refractivity (Wildman–Crippen MR) is 79.8 cm³/mol. The summed E-state index contributed by atoms with van der Waals surface area (Å²) in [4.78, 5) is 33.7. The number of nitro benzene ring substituents is 1. The second-order valence-corrected chi connectivity index (χ2v) is 4.60. The molecule has 126 valence electrons. The van der Waals surface area contributed by atoms with E-state index in [1.807, 2.05) is 0 Å². The first-order valence-electron chi connectivity index (χ1n) is 6.63. The Bertz CT molecular complexity index is 784. The summed E-state index contributed by atoms with van der Waals surface area (Å²) in [7, 11) is 1.27. The van der Waals surface area contributed by atoms with Crippen LogP contribution in [0.4, 0.5) is 11.6 Å². The van der Waals surface area contributed by atoms with Crippen LogP contribution in [0.3, 0.4) is 0 Å². The standard InChI is InChI=1S/C14H13N3O7/c1-8-5-13(24-16-8)15-12(18)7-23-14(19)9-3-4-11(22-2)10(6-9)17(20)21/h3-6H,7H2,1-2H3,(H,15,18). The molecule has 10 heteroatoms. The molecule has 1 heterocycles. The van der Waals surface area contributed by atoms with Gasteiger partial charge in [0.15, 0.2) is 12.4 Å². The summed E-state index contributed by atoms with van der Waals surface area (Å²) >= 11 is 0. The summed E-state index contributed by atoms with van der Waals surface area (Å²) in [5, 5.41) is 16.8. The Hall–Kier alpha value is -3.43. The van der Waals surface area contributed by atoms with Gasteiger partial charge in [-0.15, -0.1) is 0 Å². The molecule has 0 unspecified atom stereocenters. The van der Waals surface area contributed by atoms with Crippen LogP contribution in [0.15, 0.2) is 28.8 Å². The molecule has 1 aromatic heterocycles. The molecule has 0 radical (unpaired) electrons. The number of nitrogens with one attached hydrogen (secondary N) is 1. The van der Waals surface area contributed by atoms with Crippen molar-refractivity contribution >= 4 is 23.4 Å². The highest BCUT2D eigenvalue weighted by atomic mass is 16.6. The van der Waals surface area contributed by atoms with Gasteiger partial charge in [0.1, 0.15) is 0 Å². The molecule has 0 saturated carbocycles. The number of nitro groups is 1. The molecule has 0 spiro atoms. The summed E-state index contributed by atoms with van der Waals surface area (Å²) in [6.45, 7) is 1.09. The van der Waals surface area contributed by atoms with Crippen molar-refractivity contribution in [1.82, 2.24) is 5.16 Å². The molecule has 10 nitrogen and oxygen atoms in total. The van der Waals surface area contributed by atoms with Gasteiger partial charge in [0, 0.05) is 12.1 Å². The first-order valence-corrected chi connectivity index (χ1v) is 6.63. The van der Waals surface area contributed by atoms with Crippen molar-refractivity contribution in [3.63, 3.8) is 0 Å². The molecule has 1 N–H and O–H groups in total. The maximum Gasteiger partial charge on any atom is 0.338 e. The van der Waals surface area contributed by atoms with Crippen molar-refractivity contribution in [1.29, 1.82) is 0 Å². The summed E-state index contributed by atoms with van der Waals surface area (Å²) in [6.07, 6.45) is 0. The van der Waals surface area contributed by atoms with Crippen LogP contribution in [-0.4, -0.2) is 35.7 Å². The lowest BCUT2D eigenvalue weighted by Crippen LogP contribution is -2.20. The van der Waals surface area contributed by atoms with Crippen LogP contribution in [0, 0.1) is 17.0 Å². The number of aromatic nitrogens is 1. The van der Waals surface area contributed by atoms with E-state index >= 15 is 0 Å². The van der Waals surface area contributed by atoms with Gasteiger partial charge < -0.3 is 14.0 Å². The number of carbonyl (C=O) groups is 2.